The average molecular weight is 490 g/mol. The van der Waals surface area contributed by atoms with Crippen molar-refractivity contribution in [3.63, 3.8) is 0 Å². The summed E-state index contributed by atoms with van der Waals surface area (Å²) in [5.41, 5.74) is 4.95. The number of ether oxygens (including phenoxy) is 1. The minimum Gasteiger partial charge on any atom is -0.381 e. The predicted octanol–water partition coefficient (Wildman–Crippen LogP) is 4.82. The predicted molar refractivity (Wildman–Crippen MR) is 136 cm³/mol. The van der Waals surface area contributed by atoms with E-state index in [2.05, 4.69) is 42.8 Å². The summed E-state index contributed by atoms with van der Waals surface area (Å²) in [6.45, 7) is 8.31. The summed E-state index contributed by atoms with van der Waals surface area (Å²) in [5, 5.41) is 4.69. The van der Waals surface area contributed by atoms with Crippen LogP contribution in [0.2, 0.25) is 0 Å². The van der Waals surface area contributed by atoms with Gasteiger partial charge in [-0.25, -0.2) is 14.4 Å². The molecule has 4 aromatic rings. The van der Waals surface area contributed by atoms with Gasteiger partial charge in [-0.3, -0.25) is 9.67 Å². The van der Waals surface area contributed by atoms with Crippen LogP contribution in [0.4, 0.5) is 4.39 Å². The lowest BCUT2D eigenvalue weighted by molar-refractivity contribution is -0.0141. The number of aromatic amines is 1. The highest BCUT2D eigenvalue weighted by molar-refractivity contribution is 5.91. The largest absolute Gasteiger partial charge is 0.381 e. The molecule has 2 aliphatic rings. The Hall–Kier alpha value is -3.17. The second kappa shape index (κ2) is 9.37. The van der Waals surface area contributed by atoms with Crippen LogP contribution in [0.1, 0.15) is 49.9 Å². The van der Waals surface area contributed by atoms with Crippen molar-refractivity contribution in [2.24, 2.45) is 0 Å². The highest BCUT2D eigenvalue weighted by Gasteiger charge is 2.37. The molecule has 0 aromatic carbocycles. The van der Waals surface area contributed by atoms with E-state index < -0.39 is 5.67 Å². The highest BCUT2D eigenvalue weighted by Crippen LogP contribution is 2.38. The van der Waals surface area contributed by atoms with Crippen LogP contribution in [-0.4, -0.2) is 67.5 Å². The number of piperidine rings is 1. The van der Waals surface area contributed by atoms with Crippen molar-refractivity contribution in [2.75, 3.05) is 32.8 Å². The summed E-state index contributed by atoms with van der Waals surface area (Å²) in [6, 6.07) is 2.39. The van der Waals surface area contributed by atoms with E-state index in [1.54, 1.807) is 12.4 Å². The van der Waals surface area contributed by atoms with Crippen molar-refractivity contribution in [1.29, 1.82) is 0 Å². The van der Waals surface area contributed by atoms with Crippen LogP contribution >= 0.6 is 0 Å². The Morgan fingerprint density at radius 3 is 2.67 bits per heavy atom. The molecule has 0 aliphatic carbocycles. The molecule has 2 saturated heterocycles. The molecule has 2 aliphatic heterocycles. The number of H-pyrrole nitrogens is 1. The van der Waals surface area contributed by atoms with E-state index in [9.17, 15) is 0 Å². The van der Waals surface area contributed by atoms with Gasteiger partial charge in [-0.1, -0.05) is 6.92 Å². The maximum atomic E-state index is 15.5. The second-order valence-electron chi connectivity index (χ2n) is 10.00. The number of fused-ring (bicyclic) bond motifs is 1. The molecule has 8 nitrogen and oxygen atoms in total. The molecule has 4 aromatic heterocycles. The number of aromatic nitrogens is 6. The van der Waals surface area contributed by atoms with Crippen molar-refractivity contribution >= 4 is 11.2 Å². The molecule has 0 saturated carbocycles. The zero-order valence-corrected chi connectivity index (χ0v) is 20.9. The van der Waals surface area contributed by atoms with E-state index in [4.69, 9.17) is 9.72 Å². The fourth-order valence-electron chi connectivity index (χ4n) is 5.54. The van der Waals surface area contributed by atoms with Crippen molar-refractivity contribution in [3.8, 4) is 22.4 Å². The van der Waals surface area contributed by atoms with Crippen LogP contribution in [0.5, 0.6) is 0 Å². The van der Waals surface area contributed by atoms with Gasteiger partial charge in [-0.15, -0.1) is 0 Å². The van der Waals surface area contributed by atoms with E-state index in [0.717, 1.165) is 65.9 Å². The van der Waals surface area contributed by atoms with Gasteiger partial charge in [0.1, 0.15) is 5.52 Å². The number of rotatable bonds is 5. The Labute approximate surface area is 209 Å². The topological polar surface area (TPSA) is 84.8 Å². The molecule has 2 fully saturated rings. The summed E-state index contributed by atoms with van der Waals surface area (Å²) >= 11 is 0. The average Bonchev–Trinajstić information content (AvgIpc) is 3.56. The number of likely N-dealkylation sites (tertiary alicyclic amines) is 1. The summed E-state index contributed by atoms with van der Waals surface area (Å²) in [7, 11) is 0. The molecule has 6 rings (SSSR count). The molecule has 36 heavy (non-hydrogen) atoms. The number of hydrogen-bond acceptors (Lipinski definition) is 6. The van der Waals surface area contributed by atoms with E-state index in [1.165, 1.54) is 0 Å². The van der Waals surface area contributed by atoms with Crippen LogP contribution in [0, 0.1) is 6.92 Å². The van der Waals surface area contributed by atoms with Crippen LogP contribution in [0.3, 0.4) is 0 Å². The van der Waals surface area contributed by atoms with Crippen LogP contribution in [-0.2, 0) is 10.4 Å². The van der Waals surface area contributed by atoms with Gasteiger partial charge in [0.25, 0.3) is 0 Å². The molecule has 1 N–H and O–H groups in total. The molecular weight excluding hydrogens is 457 g/mol. The minimum absolute atomic E-state index is 0.337. The van der Waals surface area contributed by atoms with Gasteiger partial charge in [0, 0.05) is 61.2 Å². The lowest BCUT2D eigenvalue weighted by Gasteiger charge is -2.31. The van der Waals surface area contributed by atoms with Crippen molar-refractivity contribution in [2.45, 2.75) is 51.2 Å². The first kappa shape index (κ1) is 23.2. The molecule has 188 valence electrons. The Bertz CT molecular complexity index is 1370. The molecule has 0 amide bonds. The third kappa shape index (κ3) is 4.20. The van der Waals surface area contributed by atoms with Crippen LogP contribution < -0.4 is 0 Å². The summed E-state index contributed by atoms with van der Waals surface area (Å²) in [5.74, 6) is 0. The highest BCUT2D eigenvalue weighted by atomic mass is 19.1. The maximum absolute atomic E-state index is 15.5. The quantitative estimate of drug-likeness (QED) is 0.433. The molecule has 6 heterocycles. The third-order valence-corrected chi connectivity index (χ3v) is 7.76. The number of nitrogens with one attached hydrogen (secondary N) is 1. The summed E-state index contributed by atoms with van der Waals surface area (Å²) in [6.07, 6.45) is 12.3. The number of pyridine rings is 1. The molecule has 0 bridgehead atoms. The van der Waals surface area contributed by atoms with Gasteiger partial charge in [0.05, 0.1) is 43.0 Å². The SMILES string of the molecule is CCN1CCC(n2cc(-c3c[nH]c4ncc(-c5cnc(C6(F)CCOCC6)c(C)c5)nc34)cn2)CC1. The Balaban J connectivity index is 1.28. The van der Waals surface area contributed by atoms with E-state index in [0.29, 0.717) is 43.5 Å². The first-order valence-electron chi connectivity index (χ1n) is 12.9. The van der Waals surface area contributed by atoms with Gasteiger partial charge in [0.15, 0.2) is 11.3 Å². The van der Waals surface area contributed by atoms with E-state index >= 15 is 4.39 Å². The fraction of sp³-hybridized carbons (Fsp3) is 0.481. The fourth-order valence-corrected chi connectivity index (χ4v) is 5.54. The van der Waals surface area contributed by atoms with Crippen LogP contribution in [0.15, 0.2) is 37.1 Å². The maximum Gasteiger partial charge on any atom is 0.157 e. The first-order valence-corrected chi connectivity index (χ1v) is 12.9. The van der Waals surface area contributed by atoms with Crippen LogP contribution in [0.25, 0.3) is 33.5 Å². The molecule has 0 radical (unpaired) electrons. The monoisotopic (exact) mass is 489 g/mol. The smallest absolute Gasteiger partial charge is 0.157 e. The van der Waals surface area contributed by atoms with Gasteiger partial charge in [-0.05, 0) is 37.9 Å². The van der Waals surface area contributed by atoms with Gasteiger partial charge in [0.2, 0.25) is 0 Å². The third-order valence-electron chi connectivity index (χ3n) is 7.76. The summed E-state index contributed by atoms with van der Waals surface area (Å²) < 4.78 is 22.9. The van der Waals surface area contributed by atoms with Crippen molar-refractivity contribution < 1.29 is 9.13 Å². The number of halogens is 1. The zero-order valence-electron chi connectivity index (χ0n) is 20.9. The first-order chi connectivity index (χ1) is 17.5. The minimum atomic E-state index is -1.43. The standard InChI is InChI=1S/C27H32FN7O/c1-3-34-8-4-21(5-9-34)35-17-20(14-32-35)22-15-30-26-24(22)33-23(16-31-26)19-12-18(2)25(29-13-19)27(28)6-10-36-11-7-27/h12-17,21H,3-11H2,1-2H3,(H,30,31). The Morgan fingerprint density at radius 1 is 1.11 bits per heavy atom. The molecule has 0 unspecified atom stereocenters. The van der Waals surface area contributed by atoms with Gasteiger partial charge in [-0.2, -0.15) is 5.10 Å². The molecule has 0 spiro atoms. The zero-order chi connectivity index (χ0) is 24.7. The summed E-state index contributed by atoms with van der Waals surface area (Å²) in [4.78, 5) is 19.8. The van der Waals surface area contributed by atoms with Crippen molar-refractivity contribution in [1.82, 2.24) is 34.6 Å². The normalized spacial score (nSPS) is 19.2. The lowest BCUT2D eigenvalue weighted by Crippen LogP contribution is -2.34. The Morgan fingerprint density at radius 2 is 1.92 bits per heavy atom. The van der Waals surface area contributed by atoms with Gasteiger partial charge < -0.3 is 14.6 Å². The molecular formula is C27H32FN7O. The lowest BCUT2D eigenvalue weighted by atomic mass is 9.89. The number of hydrogen-bond donors (Lipinski definition) is 1. The number of alkyl halides is 1. The van der Waals surface area contributed by atoms with Crippen molar-refractivity contribution in [3.05, 3.63) is 48.3 Å². The Kier molecular flexibility index (Phi) is 6.05. The van der Waals surface area contributed by atoms with Gasteiger partial charge >= 0.3 is 0 Å². The molecule has 0 atom stereocenters. The molecule has 9 heteroatoms. The number of aryl methyl sites for hydroxylation is 1. The second-order valence-corrected chi connectivity index (χ2v) is 10.00. The number of nitrogens with zero attached hydrogens (tertiary/aromatic N) is 6. The van der Waals surface area contributed by atoms with E-state index in [1.807, 2.05) is 25.4 Å². The van der Waals surface area contributed by atoms with E-state index in [-0.39, 0.29) is 0 Å².